The summed E-state index contributed by atoms with van der Waals surface area (Å²) < 4.78 is 5.27. The van der Waals surface area contributed by atoms with Crippen LogP contribution in [0.15, 0.2) is 59.4 Å². The number of hydrogen-bond donors (Lipinski definition) is 1. The Hall–Kier alpha value is -3.41. The predicted molar refractivity (Wildman–Crippen MR) is 119 cm³/mol. The second-order valence-electron chi connectivity index (χ2n) is 7.85. The van der Waals surface area contributed by atoms with Crippen molar-refractivity contribution < 1.29 is 9.53 Å². The molecule has 1 aliphatic heterocycles. The van der Waals surface area contributed by atoms with Crippen LogP contribution in [-0.4, -0.2) is 34.4 Å². The van der Waals surface area contributed by atoms with Crippen LogP contribution in [0.2, 0.25) is 0 Å². The Balaban J connectivity index is 1.53. The third-order valence-corrected chi connectivity index (χ3v) is 5.84. The molecular weight excluding hydrogens is 390 g/mol. The molecule has 1 atom stereocenters. The van der Waals surface area contributed by atoms with E-state index in [1.165, 1.54) is 0 Å². The fraction of sp³-hybridized carbons (Fsp3) is 0.320. The summed E-state index contributed by atoms with van der Waals surface area (Å²) in [5.74, 6) is 1.28. The van der Waals surface area contributed by atoms with Crippen LogP contribution in [0, 0.1) is 0 Å². The lowest BCUT2D eigenvalue weighted by Crippen LogP contribution is -2.42. The van der Waals surface area contributed by atoms with Crippen LogP contribution in [0.3, 0.4) is 0 Å². The van der Waals surface area contributed by atoms with Gasteiger partial charge in [-0.05, 0) is 29.7 Å². The van der Waals surface area contributed by atoms with Crippen molar-refractivity contribution in [1.82, 2.24) is 14.9 Å². The number of ether oxygens (including phenoxy) is 1. The number of nitrogens with one attached hydrogen (secondary N) is 1. The number of aromatic nitrogens is 2. The van der Waals surface area contributed by atoms with Crippen LogP contribution in [-0.2, 0) is 24.2 Å². The lowest BCUT2D eigenvalue weighted by molar-refractivity contribution is -0.133. The van der Waals surface area contributed by atoms with E-state index >= 15 is 0 Å². The Kier molecular flexibility index (Phi) is 6.16. The highest BCUT2D eigenvalue weighted by molar-refractivity contribution is 5.84. The van der Waals surface area contributed by atoms with E-state index in [0.717, 1.165) is 29.0 Å². The van der Waals surface area contributed by atoms with Crippen LogP contribution in [0.5, 0.6) is 5.75 Å². The summed E-state index contributed by atoms with van der Waals surface area (Å²) in [6, 6.07) is 17.6. The molecule has 0 radical (unpaired) electrons. The van der Waals surface area contributed by atoms with E-state index in [1.54, 1.807) is 12.0 Å². The summed E-state index contributed by atoms with van der Waals surface area (Å²) in [6.45, 7) is 2.90. The minimum Gasteiger partial charge on any atom is -0.497 e. The SMILES string of the molecule is CCC(C(=O)N1CCc2nc(Cc3cccc(OC)c3)[nH]c(=O)c2C1)c1ccccc1. The number of amides is 1. The molecule has 1 amide bonds. The maximum atomic E-state index is 13.2. The number of methoxy groups -OCH3 is 1. The molecular formula is C25H27N3O3. The van der Waals surface area contributed by atoms with E-state index in [-0.39, 0.29) is 17.4 Å². The van der Waals surface area contributed by atoms with Gasteiger partial charge in [0.05, 0.1) is 30.8 Å². The number of nitrogens with zero attached hydrogens (tertiary/aromatic N) is 2. The molecule has 6 heteroatoms. The second kappa shape index (κ2) is 9.16. The van der Waals surface area contributed by atoms with Gasteiger partial charge in [0.25, 0.3) is 5.56 Å². The zero-order valence-corrected chi connectivity index (χ0v) is 17.9. The van der Waals surface area contributed by atoms with Crippen LogP contribution in [0.4, 0.5) is 0 Å². The molecule has 31 heavy (non-hydrogen) atoms. The van der Waals surface area contributed by atoms with Gasteiger partial charge >= 0.3 is 0 Å². The number of H-pyrrole nitrogens is 1. The van der Waals surface area contributed by atoms with Crippen LogP contribution >= 0.6 is 0 Å². The monoisotopic (exact) mass is 417 g/mol. The van der Waals surface area contributed by atoms with E-state index in [9.17, 15) is 9.59 Å². The minimum absolute atomic E-state index is 0.0687. The highest BCUT2D eigenvalue weighted by atomic mass is 16.5. The van der Waals surface area contributed by atoms with Gasteiger partial charge < -0.3 is 14.6 Å². The fourth-order valence-electron chi connectivity index (χ4n) is 4.18. The zero-order chi connectivity index (χ0) is 21.8. The number of fused-ring (bicyclic) bond motifs is 1. The Labute approximate surface area is 181 Å². The Morgan fingerprint density at radius 1 is 1.19 bits per heavy atom. The first kappa shape index (κ1) is 20.8. The molecule has 2 aromatic carbocycles. The molecule has 0 fully saturated rings. The molecule has 2 heterocycles. The first-order valence-electron chi connectivity index (χ1n) is 10.7. The van der Waals surface area contributed by atoms with Gasteiger partial charge in [0.2, 0.25) is 5.91 Å². The van der Waals surface area contributed by atoms with E-state index in [4.69, 9.17) is 9.72 Å². The lowest BCUT2D eigenvalue weighted by Gasteiger charge is -2.31. The van der Waals surface area contributed by atoms with Gasteiger partial charge in [-0.3, -0.25) is 9.59 Å². The maximum Gasteiger partial charge on any atom is 0.256 e. The van der Waals surface area contributed by atoms with Gasteiger partial charge in [-0.15, -0.1) is 0 Å². The lowest BCUT2D eigenvalue weighted by atomic mass is 9.94. The summed E-state index contributed by atoms with van der Waals surface area (Å²) >= 11 is 0. The van der Waals surface area contributed by atoms with Gasteiger partial charge in [-0.1, -0.05) is 49.4 Å². The molecule has 6 nitrogen and oxygen atoms in total. The van der Waals surface area contributed by atoms with E-state index < -0.39 is 0 Å². The molecule has 0 bridgehead atoms. The zero-order valence-electron chi connectivity index (χ0n) is 17.9. The smallest absolute Gasteiger partial charge is 0.256 e. The number of benzene rings is 2. The predicted octanol–water partition coefficient (Wildman–Crippen LogP) is 3.45. The molecule has 0 saturated carbocycles. The van der Waals surface area contributed by atoms with Crippen molar-refractivity contribution in [3.05, 3.63) is 93.2 Å². The summed E-state index contributed by atoms with van der Waals surface area (Å²) in [5.41, 5.74) is 3.26. The quantitative estimate of drug-likeness (QED) is 0.667. The fourth-order valence-corrected chi connectivity index (χ4v) is 4.18. The summed E-state index contributed by atoms with van der Waals surface area (Å²) in [4.78, 5) is 35.4. The third kappa shape index (κ3) is 4.53. The van der Waals surface area contributed by atoms with Gasteiger partial charge in [-0.2, -0.15) is 0 Å². The molecule has 1 N–H and O–H groups in total. The summed E-state index contributed by atoms with van der Waals surface area (Å²) in [7, 11) is 1.63. The van der Waals surface area contributed by atoms with Gasteiger partial charge in [0, 0.05) is 19.4 Å². The van der Waals surface area contributed by atoms with Crippen molar-refractivity contribution in [2.45, 2.75) is 38.6 Å². The van der Waals surface area contributed by atoms with E-state index in [2.05, 4.69) is 4.98 Å². The van der Waals surface area contributed by atoms with Crippen molar-refractivity contribution in [3.63, 3.8) is 0 Å². The average Bonchev–Trinajstić information content (AvgIpc) is 2.80. The summed E-state index contributed by atoms with van der Waals surface area (Å²) in [5, 5.41) is 0. The van der Waals surface area contributed by atoms with Crippen molar-refractivity contribution in [2.75, 3.05) is 13.7 Å². The van der Waals surface area contributed by atoms with Gasteiger partial charge in [-0.25, -0.2) is 4.98 Å². The maximum absolute atomic E-state index is 13.2. The molecule has 1 aliphatic rings. The molecule has 3 aromatic rings. The molecule has 160 valence electrons. The first-order chi connectivity index (χ1) is 15.1. The van der Waals surface area contributed by atoms with E-state index in [1.807, 2.05) is 61.5 Å². The van der Waals surface area contributed by atoms with Crippen molar-refractivity contribution in [2.24, 2.45) is 0 Å². The topological polar surface area (TPSA) is 75.3 Å². The Morgan fingerprint density at radius 2 is 2.00 bits per heavy atom. The molecule has 0 saturated heterocycles. The Bertz CT molecular complexity index is 1120. The van der Waals surface area contributed by atoms with Crippen LogP contribution < -0.4 is 10.3 Å². The highest BCUT2D eigenvalue weighted by Crippen LogP contribution is 2.25. The van der Waals surface area contributed by atoms with Crippen LogP contribution in [0.25, 0.3) is 0 Å². The third-order valence-electron chi connectivity index (χ3n) is 5.84. The number of carbonyl (C=O) groups is 1. The molecule has 1 aromatic heterocycles. The standard InChI is InChI=1S/C25H27N3O3/c1-3-20(18-9-5-4-6-10-18)25(30)28-13-12-22-21(16-28)24(29)27-23(26-22)15-17-8-7-11-19(14-17)31-2/h4-11,14,20H,3,12-13,15-16H2,1-2H3,(H,26,27,29). The number of carbonyl (C=O) groups excluding carboxylic acids is 1. The van der Waals surface area contributed by atoms with Crippen molar-refractivity contribution >= 4 is 5.91 Å². The van der Waals surface area contributed by atoms with Gasteiger partial charge in [0.1, 0.15) is 11.6 Å². The highest BCUT2D eigenvalue weighted by Gasteiger charge is 2.29. The largest absolute Gasteiger partial charge is 0.497 e. The first-order valence-corrected chi connectivity index (χ1v) is 10.7. The molecule has 0 aliphatic carbocycles. The summed E-state index contributed by atoms with van der Waals surface area (Å²) in [6.07, 6.45) is 1.83. The second-order valence-corrected chi connectivity index (χ2v) is 7.85. The van der Waals surface area contributed by atoms with Crippen molar-refractivity contribution in [1.29, 1.82) is 0 Å². The van der Waals surface area contributed by atoms with E-state index in [0.29, 0.717) is 37.3 Å². The molecule has 4 rings (SSSR count). The van der Waals surface area contributed by atoms with Crippen molar-refractivity contribution in [3.8, 4) is 5.75 Å². The number of aromatic amines is 1. The number of hydrogen-bond acceptors (Lipinski definition) is 4. The number of rotatable bonds is 6. The Morgan fingerprint density at radius 3 is 2.74 bits per heavy atom. The minimum atomic E-state index is -0.192. The van der Waals surface area contributed by atoms with Gasteiger partial charge in [0.15, 0.2) is 0 Å². The molecule has 0 spiro atoms. The normalized spacial score (nSPS) is 14.1. The molecule has 1 unspecified atom stereocenters. The average molecular weight is 418 g/mol. The van der Waals surface area contributed by atoms with Crippen LogP contribution in [0.1, 0.15) is 47.5 Å².